The minimum absolute atomic E-state index is 0.0926. The first-order valence-electron chi connectivity index (χ1n) is 16.1. The van der Waals surface area contributed by atoms with Crippen LogP contribution in [0.25, 0.3) is 22.5 Å². The number of amides is 2. The van der Waals surface area contributed by atoms with Crippen molar-refractivity contribution in [3.05, 3.63) is 88.3 Å². The van der Waals surface area contributed by atoms with Crippen LogP contribution in [0.15, 0.2) is 60.9 Å². The van der Waals surface area contributed by atoms with Crippen LogP contribution < -0.4 is 26.0 Å². The number of methoxy groups -OCH3 is 1. The number of ether oxygens (including phenoxy) is 1. The largest absolute Gasteiger partial charge is 0.481 e. The average molecular weight is 670 g/mol. The number of hydrogen-bond acceptors (Lipinski definition) is 9. The van der Waals surface area contributed by atoms with Crippen LogP contribution in [0.1, 0.15) is 59.8 Å². The van der Waals surface area contributed by atoms with Crippen molar-refractivity contribution < 1.29 is 19.4 Å². The Kier molecular flexibility index (Phi) is 10.0. The topological polar surface area (TPSA) is 150 Å². The molecule has 250 valence electrons. The zero-order valence-corrected chi connectivity index (χ0v) is 28.0. The maximum atomic E-state index is 13.2. The fourth-order valence-electron chi connectivity index (χ4n) is 6.26. The summed E-state index contributed by atoms with van der Waals surface area (Å²) in [5, 5.41) is 23.1. The van der Waals surface area contributed by atoms with E-state index in [-0.39, 0.29) is 23.9 Å². The van der Waals surface area contributed by atoms with Gasteiger partial charge in [0.15, 0.2) is 0 Å². The minimum Gasteiger partial charge on any atom is -0.481 e. The van der Waals surface area contributed by atoms with E-state index in [1.807, 2.05) is 56.3 Å². The van der Waals surface area contributed by atoms with Gasteiger partial charge in [-0.05, 0) is 68.5 Å². The van der Waals surface area contributed by atoms with Crippen molar-refractivity contribution in [2.75, 3.05) is 19.0 Å². The number of hydrogen-bond donors (Lipinski definition) is 5. The van der Waals surface area contributed by atoms with E-state index >= 15 is 0 Å². The molecule has 1 saturated carbocycles. The van der Waals surface area contributed by atoms with Crippen molar-refractivity contribution in [1.82, 2.24) is 30.9 Å². The SMILES string of the molecule is COc1nc(-c2ccnc(-c3cccc(NC(=O)c4ccc(CNC5CC(C)(O)C5)cn4)c3C)c2Cl)ccc1CNC[C@H]1CCC(=O)N1. The molecule has 1 aliphatic heterocycles. The number of nitrogens with zero attached hydrogens (tertiary/aromatic N) is 3. The summed E-state index contributed by atoms with van der Waals surface area (Å²) in [7, 11) is 1.58. The van der Waals surface area contributed by atoms with E-state index in [2.05, 4.69) is 31.2 Å². The fraction of sp³-hybridized carbons (Fsp3) is 0.361. The number of nitrogens with one attached hydrogen (secondary N) is 4. The van der Waals surface area contributed by atoms with Gasteiger partial charge in [0.2, 0.25) is 11.8 Å². The first-order valence-corrected chi connectivity index (χ1v) is 16.5. The Hall–Kier alpha value is -4.42. The maximum absolute atomic E-state index is 13.2. The van der Waals surface area contributed by atoms with Crippen molar-refractivity contribution >= 4 is 29.1 Å². The van der Waals surface area contributed by atoms with Crippen LogP contribution in [0.3, 0.4) is 0 Å². The zero-order valence-electron chi connectivity index (χ0n) is 27.3. The Morgan fingerprint density at radius 1 is 1.10 bits per heavy atom. The van der Waals surface area contributed by atoms with E-state index in [1.54, 1.807) is 25.6 Å². The highest BCUT2D eigenvalue weighted by Gasteiger charge is 2.37. The van der Waals surface area contributed by atoms with Crippen molar-refractivity contribution in [3.63, 3.8) is 0 Å². The van der Waals surface area contributed by atoms with Gasteiger partial charge in [0.1, 0.15) is 5.69 Å². The Bertz CT molecular complexity index is 1810. The monoisotopic (exact) mass is 669 g/mol. The van der Waals surface area contributed by atoms with Gasteiger partial charge in [-0.2, -0.15) is 0 Å². The molecule has 5 N–H and O–H groups in total. The summed E-state index contributed by atoms with van der Waals surface area (Å²) in [6.07, 6.45) is 6.23. The maximum Gasteiger partial charge on any atom is 0.274 e. The highest BCUT2D eigenvalue weighted by Crippen LogP contribution is 2.38. The highest BCUT2D eigenvalue weighted by molar-refractivity contribution is 6.35. The highest BCUT2D eigenvalue weighted by atomic mass is 35.5. The summed E-state index contributed by atoms with van der Waals surface area (Å²) in [6.45, 7) is 5.59. The van der Waals surface area contributed by atoms with Crippen LogP contribution in [0.4, 0.5) is 5.69 Å². The Labute approximate surface area is 284 Å². The molecule has 2 fully saturated rings. The Morgan fingerprint density at radius 2 is 1.94 bits per heavy atom. The number of carbonyl (C=O) groups is 2. The van der Waals surface area contributed by atoms with Crippen LogP contribution in [0.2, 0.25) is 5.02 Å². The lowest BCUT2D eigenvalue weighted by Gasteiger charge is -2.41. The molecule has 1 saturated heterocycles. The third-order valence-electron chi connectivity index (χ3n) is 8.95. The lowest BCUT2D eigenvalue weighted by molar-refractivity contribution is -0.119. The van der Waals surface area contributed by atoms with E-state index in [1.165, 1.54) is 0 Å². The molecule has 0 radical (unpaired) electrons. The Balaban J connectivity index is 1.13. The van der Waals surface area contributed by atoms with E-state index < -0.39 is 5.60 Å². The van der Waals surface area contributed by atoms with E-state index in [0.717, 1.165) is 41.5 Å². The second-order valence-electron chi connectivity index (χ2n) is 12.8. The number of pyridine rings is 3. The summed E-state index contributed by atoms with van der Waals surface area (Å²) in [6, 6.07) is 15.3. The van der Waals surface area contributed by atoms with E-state index in [0.29, 0.717) is 65.3 Å². The first-order chi connectivity index (χ1) is 23.1. The van der Waals surface area contributed by atoms with Gasteiger partial charge in [0.05, 0.1) is 29.1 Å². The minimum atomic E-state index is -0.578. The van der Waals surface area contributed by atoms with Crippen LogP contribution in [0.5, 0.6) is 5.88 Å². The number of halogens is 1. The number of aliphatic hydroxyl groups is 1. The third-order valence-corrected chi connectivity index (χ3v) is 9.33. The number of benzene rings is 1. The number of carbonyl (C=O) groups excluding carboxylic acids is 2. The normalized spacial score (nSPS) is 20.2. The van der Waals surface area contributed by atoms with Crippen molar-refractivity contribution in [3.8, 4) is 28.4 Å². The van der Waals surface area contributed by atoms with Gasteiger partial charge in [-0.25, -0.2) is 4.98 Å². The zero-order chi connectivity index (χ0) is 33.8. The molecule has 6 rings (SSSR count). The quantitative estimate of drug-likeness (QED) is 0.143. The van der Waals surface area contributed by atoms with Crippen LogP contribution in [-0.4, -0.2) is 63.2 Å². The van der Waals surface area contributed by atoms with Crippen LogP contribution in [-0.2, 0) is 17.9 Å². The standard InChI is InChI=1S/C36H40ClN7O4/c1-21-26(5-4-6-28(21)43-34(46)30-10-7-22(18-41-30)17-40-25-15-36(2,47)16-25)33-32(37)27(13-14-39-33)29-11-8-23(35(44-29)48-3)19-38-20-24-9-12-31(45)42-24/h4-8,10-11,13-14,18,24-25,38,40,47H,9,12,15-17,19-20H2,1-3H3,(H,42,45)(H,43,46)/t24-,25?,36?/m1/s1. The van der Waals surface area contributed by atoms with Gasteiger partial charge < -0.3 is 31.1 Å². The second kappa shape index (κ2) is 14.4. The van der Waals surface area contributed by atoms with Gasteiger partial charge >= 0.3 is 0 Å². The number of rotatable bonds is 12. The molecule has 0 bridgehead atoms. The summed E-state index contributed by atoms with van der Waals surface area (Å²) < 4.78 is 5.62. The summed E-state index contributed by atoms with van der Waals surface area (Å²) in [5.41, 5.74) is 5.68. The van der Waals surface area contributed by atoms with Gasteiger partial charge in [0.25, 0.3) is 5.91 Å². The van der Waals surface area contributed by atoms with Crippen molar-refractivity contribution in [2.24, 2.45) is 0 Å². The molecule has 0 unspecified atom stereocenters. The second-order valence-corrected chi connectivity index (χ2v) is 13.2. The predicted molar refractivity (Wildman–Crippen MR) is 185 cm³/mol. The molecule has 2 amide bonds. The van der Waals surface area contributed by atoms with Gasteiger partial charge in [-0.3, -0.25) is 19.6 Å². The third kappa shape index (κ3) is 7.65. The summed E-state index contributed by atoms with van der Waals surface area (Å²) >= 11 is 6.99. The molecule has 3 aromatic heterocycles. The molecule has 0 spiro atoms. The molecule has 4 aromatic rings. The number of anilines is 1. The van der Waals surface area contributed by atoms with E-state index in [9.17, 15) is 14.7 Å². The van der Waals surface area contributed by atoms with Crippen LogP contribution in [0, 0.1) is 6.92 Å². The molecule has 12 heteroatoms. The van der Waals surface area contributed by atoms with E-state index in [4.69, 9.17) is 21.3 Å². The first kappa shape index (κ1) is 33.5. The Morgan fingerprint density at radius 3 is 2.65 bits per heavy atom. The van der Waals surface area contributed by atoms with Crippen molar-refractivity contribution in [2.45, 2.75) is 70.3 Å². The van der Waals surface area contributed by atoms with Gasteiger partial charge in [0, 0.05) is 72.9 Å². The molecule has 11 nitrogen and oxygen atoms in total. The van der Waals surface area contributed by atoms with Gasteiger partial charge in [-0.15, -0.1) is 0 Å². The number of aromatic nitrogens is 3. The summed E-state index contributed by atoms with van der Waals surface area (Å²) in [4.78, 5) is 38.4. The molecular formula is C36H40ClN7O4. The summed E-state index contributed by atoms with van der Waals surface area (Å²) in [5.74, 6) is 0.253. The molecule has 48 heavy (non-hydrogen) atoms. The molecule has 2 aliphatic rings. The molecule has 1 aliphatic carbocycles. The van der Waals surface area contributed by atoms with Crippen LogP contribution >= 0.6 is 11.6 Å². The molecule has 4 heterocycles. The predicted octanol–water partition coefficient (Wildman–Crippen LogP) is 4.80. The van der Waals surface area contributed by atoms with Gasteiger partial charge in [-0.1, -0.05) is 35.9 Å². The lowest BCUT2D eigenvalue weighted by atomic mass is 9.77. The average Bonchev–Trinajstić information content (AvgIpc) is 3.49. The smallest absolute Gasteiger partial charge is 0.274 e. The van der Waals surface area contributed by atoms with Crippen molar-refractivity contribution in [1.29, 1.82) is 0 Å². The molecular weight excluding hydrogens is 630 g/mol. The fourth-order valence-corrected chi connectivity index (χ4v) is 6.57. The molecule has 1 aromatic carbocycles. The molecule has 1 atom stereocenters. The lowest BCUT2D eigenvalue weighted by Crippen LogP contribution is -2.51.